The monoisotopic (exact) mass is 610 g/mol. The molecule has 222 valence electrons. The van der Waals surface area contributed by atoms with Crippen molar-refractivity contribution in [2.45, 2.75) is 45.0 Å². The van der Waals surface area contributed by atoms with Crippen molar-refractivity contribution in [3.8, 4) is 22.6 Å². The molecule has 3 aromatic heterocycles. The van der Waals surface area contributed by atoms with E-state index in [1.165, 1.54) is 15.7 Å². The summed E-state index contributed by atoms with van der Waals surface area (Å²) in [5, 5.41) is 15.9. The highest BCUT2D eigenvalue weighted by molar-refractivity contribution is 5.89. The third-order valence-electron chi connectivity index (χ3n) is 8.07. The number of hydrogen-bond acceptors (Lipinski definition) is 7. The molecular formula is C31H36Cl2N6O3. The normalized spacial score (nSPS) is 14.9. The number of furan rings is 1. The number of likely N-dealkylation sites (tertiary alicyclic amines) is 1. The Hall–Kier alpha value is -3.47. The summed E-state index contributed by atoms with van der Waals surface area (Å²) < 4.78 is 8.72. The van der Waals surface area contributed by atoms with Crippen LogP contribution < -0.4 is 11.3 Å². The number of fused-ring (bicyclic) bond motifs is 1. The Morgan fingerprint density at radius 2 is 1.74 bits per heavy atom. The second-order valence-electron chi connectivity index (χ2n) is 10.9. The van der Waals surface area contributed by atoms with Crippen LogP contribution in [0.5, 0.6) is 0 Å². The lowest BCUT2D eigenvalue weighted by Crippen LogP contribution is -2.47. The summed E-state index contributed by atoms with van der Waals surface area (Å²) in [6.45, 7) is 5.08. The van der Waals surface area contributed by atoms with E-state index in [0.717, 1.165) is 47.8 Å². The first kappa shape index (κ1) is 31.5. The fraction of sp³-hybridized carbons (Fsp3) is 0.323. The number of hydrogen-bond donors (Lipinski definition) is 2. The molecule has 9 nitrogen and oxygen atoms in total. The lowest BCUT2D eigenvalue weighted by atomic mass is 9.90. The Labute approximate surface area is 256 Å². The Morgan fingerprint density at radius 3 is 2.38 bits per heavy atom. The highest BCUT2D eigenvalue weighted by Crippen LogP contribution is 2.29. The second-order valence-corrected chi connectivity index (χ2v) is 10.9. The van der Waals surface area contributed by atoms with E-state index in [1.807, 2.05) is 43.4 Å². The van der Waals surface area contributed by atoms with Crippen molar-refractivity contribution < 1.29 is 9.52 Å². The molecule has 1 fully saturated rings. The third kappa shape index (κ3) is 6.16. The van der Waals surface area contributed by atoms with Gasteiger partial charge in [0.25, 0.3) is 5.56 Å². The van der Waals surface area contributed by atoms with Crippen LogP contribution in [0.3, 0.4) is 0 Å². The van der Waals surface area contributed by atoms with Crippen LogP contribution in [0.4, 0.5) is 0 Å². The molecule has 0 unspecified atom stereocenters. The third-order valence-corrected chi connectivity index (χ3v) is 8.07. The van der Waals surface area contributed by atoms with Crippen molar-refractivity contribution in [2.75, 3.05) is 13.1 Å². The van der Waals surface area contributed by atoms with Gasteiger partial charge in [-0.05, 0) is 54.7 Å². The van der Waals surface area contributed by atoms with Gasteiger partial charge in [0.2, 0.25) is 0 Å². The molecule has 0 bridgehead atoms. The molecule has 4 heterocycles. The fourth-order valence-corrected chi connectivity index (χ4v) is 5.64. The van der Waals surface area contributed by atoms with Gasteiger partial charge in [-0.15, -0.1) is 24.8 Å². The fourth-order valence-electron chi connectivity index (χ4n) is 5.64. The standard InChI is InChI=1S/C31H34N6O3.2ClH/c1-21-16-24(26-4-3-15-40-26)9-10-25(21)18-36-13-11-31(39,12-14-36)19-37-20-33-27-28(30(37)38)34-35(2)29(27)23-7-5-22(17-32)6-8-23;;/h3-10,15-16,20,39H,11-14,17-19,32H2,1-2H3;2*1H. The molecule has 42 heavy (non-hydrogen) atoms. The van der Waals surface area contributed by atoms with E-state index >= 15 is 0 Å². The maximum Gasteiger partial charge on any atom is 0.281 e. The van der Waals surface area contributed by atoms with Crippen LogP contribution >= 0.6 is 24.8 Å². The summed E-state index contributed by atoms with van der Waals surface area (Å²) in [7, 11) is 1.81. The van der Waals surface area contributed by atoms with Crippen molar-refractivity contribution >= 4 is 35.8 Å². The van der Waals surface area contributed by atoms with Crippen molar-refractivity contribution in [3.63, 3.8) is 0 Å². The van der Waals surface area contributed by atoms with Gasteiger partial charge in [0, 0.05) is 44.4 Å². The van der Waals surface area contributed by atoms with Crippen molar-refractivity contribution in [1.29, 1.82) is 0 Å². The van der Waals surface area contributed by atoms with E-state index in [2.05, 4.69) is 40.1 Å². The van der Waals surface area contributed by atoms with Crippen LogP contribution in [0.15, 0.2) is 76.4 Å². The number of benzene rings is 2. The Morgan fingerprint density at radius 1 is 1.02 bits per heavy atom. The number of halogens is 2. The first-order valence-electron chi connectivity index (χ1n) is 13.6. The summed E-state index contributed by atoms with van der Waals surface area (Å²) in [5.74, 6) is 0.865. The Balaban J connectivity index is 0.00000202. The lowest BCUT2D eigenvalue weighted by Gasteiger charge is -2.38. The number of piperidine rings is 1. The maximum absolute atomic E-state index is 13.4. The summed E-state index contributed by atoms with van der Waals surface area (Å²) in [6.07, 6.45) is 4.37. The number of rotatable bonds is 7. The summed E-state index contributed by atoms with van der Waals surface area (Å²) in [6, 6.07) is 18.1. The van der Waals surface area contributed by atoms with Crippen molar-refractivity contribution in [1.82, 2.24) is 24.2 Å². The second kappa shape index (κ2) is 12.8. The zero-order valence-electron chi connectivity index (χ0n) is 23.7. The minimum atomic E-state index is -0.983. The molecule has 2 aromatic carbocycles. The van der Waals surface area contributed by atoms with Crippen LogP contribution in [-0.4, -0.2) is 48.0 Å². The van der Waals surface area contributed by atoms with E-state index in [-0.39, 0.29) is 36.9 Å². The van der Waals surface area contributed by atoms with E-state index < -0.39 is 5.60 Å². The SMILES string of the molecule is Cc1cc(-c2ccco2)ccc1CN1CCC(O)(Cn2cnc3c(-c4ccc(CN)cc4)n(C)nc3c2=O)CC1.Cl.Cl. The minimum absolute atomic E-state index is 0. The molecule has 0 radical (unpaired) electrons. The molecule has 0 spiro atoms. The van der Waals surface area contributed by atoms with Crippen LogP contribution in [0.2, 0.25) is 0 Å². The molecule has 6 rings (SSSR count). The number of aliphatic hydroxyl groups is 1. The Kier molecular flexibility index (Phi) is 9.60. The van der Waals surface area contributed by atoms with Gasteiger partial charge in [0.05, 0.1) is 30.4 Å². The minimum Gasteiger partial charge on any atom is -0.464 e. The van der Waals surface area contributed by atoms with E-state index in [0.29, 0.717) is 30.4 Å². The predicted molar refractivity (Wildman–Crippen MR) is 169 cm³/mol. The highest BCUT2D eigenvalue weighted by atomic mass is 35.5. The molecule has 3 N–H and O–H groups in total. The average molecular weight is 612 g/mol. The predicted octanol–water partition coefficient (Wildman–Crippen LogP) is 4.69. The molecule has 1 aliphatic heterocycles. The first-order valence-corrected chi connectivity index (χ1v) is 13.6. The lowest BCUT2D eigenvalue weighted by molar-refractivity contribution is -0.0365. The highest BCUT2D eigenvalue weighted by Gasteiger charge is 2.33. The molecule has 11 heteroatoms. The number of nitrogens with two attached hydrogens (primary N) is 1. The van der Waals surface area contributed by atoms with Gasteiger partial charge in [0.1, 0.15) is 11.3 Å². The molecular weight excluding hydrogens is 575 g/mol. The van der Waals surface area contributed by atoms with Gasteiger partial charge in [-0.3, -0.25) is 18.9 Å². The summed E-state index contributed by atoms with van der Waals surface area (Å²) in [5.41, 5.74) is 11.6. The maximum atomic E-state index is 13.4. The average Bonchev–Trinajstić information content (AvgIpc) is 3.61. The zero-order chi connectivity index (χ0) is 27.9. The number of aromatic nitrogens is 4. The number of nitrogens with zero attached hydrogens (tertiary/aromatic N) is 5. The molecule has 1 saturated heterocycles. The number of aryl methyl sites for hydroxylation is 2. The van der Waals surface area contributed by atoms with E-state index in [9.17, 15) is 9.90 Å². The molecule has 0 saturated carbocycles. The van der Waals surface area contributed by atoms with Crippen LogP contribution in [0.25, 0.3) is 33.6 Å². The summed E-state index contributed by atoms with van der Waals surface area (Å²) in [4.78, 5) is 20.4. The molecule has 0 atom stereocenters. The smallest absolute Gasteiger partial charge is 0.281 e. The van der Waals surface area contributed by atoms with Crippen molar-refractivity contribution in [2.24, 2.45) is 12.8 Å². The largest absolute Gasteiger partial charge is 0.464 e. The van der Waals surface area contributed by atoms with Gasteiger partial charge < -0.3 is 15.3 Å². The van der Waals surface area contributed by atoms with E-state index in [1.54, 1.807) is 17.3 Å². The van der Waals surface area contributed by atoms with Gasteiger partial charge in [-0.2, -0.15) is 5.10 Å². The zero-order valence-corrected chi connectivity index (χ0v) is 25.3. The Bertz CT molecular complexity index is 1710. The van der Waals surface area contributed by atoms with E-state index in [4.69, 9.17) is 10.2 Å². The quantitative estimate of drug-likeness (QED) is 0.274. The molecule has 1 aliphatic rings. The van der Waals surface area contributed by atoms with Crippen LogP contribution in [0.1, 0.15) is 29.5 Å². The van der Waals surface area contributed by atoms with Crippen LogP contribution in [0, 0.1) is 6.92 Å². The van der Waals surface area contributed by atoms with Crippen LogP contribution in [-0.2, 0) is 26.7 Å². The topological polar surface area (TPSA) is 115 Å². The van der Waals surface area contributed by atoms with Crippen molar-refractivity contribution in [3.05, 3.63) is 94.2 Å². The van der Waals surface area contributed by atoms with Gasteiger partial charge >= 0.3 is 0 Å². The molecule has 0 aliphatic carbocycles. The van der Waals surface area contributed by atoms with Gasteiger partial charge in [-0.25, -0.2) is 4.98 Å². The molecule has 0 amide bonds. The summed E-state index contributed by atoms with van der Waals surface area (Å²) >= 11 is 0. The van der Waals surface area contributed by atoms with Gasteiger partial charge in [-0.1, -0.05) is 36.4 Å². The first-order chi connectivity index (χ1) is 19.3. The molecule has 5 aromatic rings. The van der Waals surface area contributed by atoms with Gasteiger partial charge in [0.15, 0.2) is 5.52 Å².